The molecule has 3 nitrogen and oxygen atoms in total. The third kappa shape index (κ3) is 3.34. The van der Waals surface area contributed by atoms with E-state index in [1.54, 1.807) is 4.90 Å². The van der Waals surface area contributed by atoms with Gasteiger partial charge in [0.15, 0.2) is 0 Å². The van der Waals surface area contributed by atoms with Crippen molar-refractivity contribution in [2.45, 2.75) is 25.6 Å². The predicted molar refractivity (Wildman–Crippen MR) is 74.0 cm³/mol. The molecule has 0 bridgehead atoms. The van der Waals surface area contributed by atoms with E-state index < -0.39 is 29.4 Å². The molecule has 1 aromatic rings. The van der Waals surface area contributed by atoms with Gasteiger partial charge < -0.3 is 5.11 Å². The molecule has 1 aliphatic heterocycles. The topological polar surface area (TPSA) is 40.5 Å². The minimum absolute atomic E-state index is 0.0182. The molecule has 1 N–H and O–H groups in total. The van der Waals surface area contributed by atoms with Crippen LogP contribution in [-0.4, -0.2) is 29.1 Å². The van der Waals surface area contributed by atoms with Crippen LogP contribution in [0, 0.1) is 23.6 Å². The summed E-state index contributed by atoms with van der Waals surface area (Å²) < 4.78 is 52.8. The number of carboxylic acids is 1. The summed E-state index contributed by atoms with van der Waals surface area (Å²) in [5.41, 5.74) is -1.39. The monoisotopic (exact) mass is 331 g/mol. The molecular weight excluding hydrogens is 314 g/mol. The summed E-state index contributed by atoms with van der Waals surface area (Å²) in [6.45, 7) is 0.583. The Kier molecular flexibility index (Phi) is 4.08. The van der Waals surface area contributed by atoms with Gasteiger partial charge in [0.1, 0.15) is 5.82 Å². The SMILES string of the molecule is O=C(O)[C@@H]1CN(Cc2cccc(F)c2C(F)(F)F)C[C@H]1C1CC1. The summed E-state index contributed by atoms with van der Waals surface area (Å²) in [4.78, 5) is 13.1. The number of alkyl halides is 3. The van der Waals surface area contributed by atoms with Crippen molar-refractivity contribution in [2.24, 2.45) is 17.8 Å². The van der Waals surface area contributed by atoms with Crippen LogP contribution >= 0.6 is 0 Å². The normalized spacial score (nSPS) is 25.7. The van der Waals surface area contributed by atoms with E-state index in [-0.39, 0.29) is 24.6 Å². The lowest BCUT2D eigenvalue weighted by Crippen LogP contribution is -2.25. The molecule has 1 aliphatic carbocycles. The van der Waals surface area contributed by atoms with Gasteiger partial charge >= 0.3 is 12.1 Å². The summed E-state index contributed by atoms with van der Waals surface area (Å²) in [7, 11) is 0. The second kappa shape index (κ2) is 5.78. The first-order chi connectivity index (χ1) is 10.8. The van der Waals surface area contributed by atoms with Crippen molar-refractivity contribution >= 4 is 5.97 Å². The largest absolute Gasteiger partial charge is 0.481 e. The van der Waals surface area contributed by atoms with Crippen molar-refractivity contribution in [3.05, 3.63) is 35.1 Å². The minimum Gasteiger partial charge on any atom is -0.481 e. The van der Waals surface area contributed by atoms with Gasteiger partial charge in [-0.15, -0.1) is 0 Å². The molecule has 1 saturated carbocycles. The van der Waals surface area contributed by atoms with Gasteiger partial charge in [0, 0.05) is 19.6 Å². The lowest BCUT2D eigenvalue weighted by molar-refractivity contribution is -0.143. The summed E-state index contributed by atoms with van der Waals surface area (Å²) in [5, 5.41) is 9.31. The highest BCUT2D eigenvalue weighted by atomic mass is 19.4. The number of likely N-dealkylation sites (tertiary alicyclic amines) is 1. The van der Waals surface area contributed by atoms with E-state index in [0.717, 1.165) is 18.9 Å². The number of benzene rings is 1. The van der Waals surface area contributed by atoms with Gasteiger partial charge in [-0.1, -0.05) is 12.1 Å². The Bertz CT molecular complexity index is 613. The van der Waals surface area contributed by atoms with Gasteiger partial charge in [-0.2, -0.15) is 13.2 Å². The zero-order valence-corrected chi connectivity index (χ0v) is 12.3. The number of carboxylic acid groups (broad SMARTS) is 1. The van der Waals surface area contributed by atoms with Crippen LogP contribution in [0.5, 0.6) is 0 Å². The van der Waals surface area contributed by atoms with Crippen molar-refractivity contribution in [2.75, 3.05) is 13.1 Å². The van der Waals surface area contributed by atoms with Crippen LogP contribution in [0.4, 0.5) is 17.6 Å². The number of carbonyl (C=O) groups is 1. The summed E-state index contributed by atoms with van der Waals surface area (Å²) in [5.74, 6) is -2.40. The maximum Gasteiger partial charge on any atom is 0.419 e. The van der Waals surface area contributed by atoms with Crippen LogP contribution in [0.1, 0.15) is 24.0 Å². The molecule has 1 aromatic carbocycles. The molecule has 0 radical (unpaired) electrons. The molecule has 2 aliphatic rings. The van der Waals surface area contributed by atoms with E-state index in [4.69, 9.17) is 0 Å². The Morgan fingerprint density at radius 2 is 1.96 bits per heavy atom. The molecular formula is C16H17F4NO2. The lowest BCUT2D eigenvalue weighted by atomic mass is 9.92. The number of halogens is 4. The summed E-state index contributed by atoms with van der Waals surface area (Å²) >= 11 is 0. The Balaban J connectivity index is 1.80. The molecule has 1 saturated heterocycles. The molecule has 3 rings (SSSR count). The van der Waals surface area contributed by atoms with Crippen molar-refractivity contribution in [3.63, 3.8) is 0 Å². The van der Waals surface area contributed by atoms with Gasteiger partial charge in [-0.05, 0) is 36.3 Å². The van der Waals surface area contributed by atoms with Gasteiger partial charge in [-0.25, -0.2) is 4.39 Å². The van der Waals surface area contributed by atoms with Crippen molar-refractivity contribution in [3.8, 4) is 0 Å². The summed E-state index contributed by atoms with van der Waals surface area (Å²) in [6, 6.07) is 3.30. The van der Waals surface area contributed by atoms with Crippen LogP contribution in [0.3, 0.4) is 0 Å². The quantitative estimate of drug-likeness (QED) is 0.860. The predicted octanol–water partition coefficient (Wildman–Crippen LogP) is 3.39. The van der Waals surface area contributed by atoms with E-state index in [9.17, 15) is 27.5 Å². The summed E-state index contributed by atoms with van der Waals surface area (Å²) in [6.07, 6.45) is -2.80. The Hall–Kier alpha value is -1.63. The maximum atomic E-state index is 13.6. The molecule has 2 atom stereocenters. The maximum absolute atomic E-state index is 13.6. The number of aliphatic carboxylic acids is 1. The van der Waals surface area contributed by atoms with Gasteiger partial charge in [0.05, 0.1) is 11.5 Å². The van der Waals surface area contributed by atoms with Crippen LogP contribution in [0.2, 0.25) is 0 Å². The van der Waals surface area contributed by atoms with Crippen molar-refractivity contribution in [1.82, 2.24) is 4.90 Å². The molecule has 1 heterocycles. The Morgan fingerprint density at radius 1 is 1.26 bits per heavy atom. The lowest BCUT2D eigenvalue weighted by Gasteiger charge is -2.19. The molecule has 2 fully saturated rings. The smallest absolute Gasteiger partial charge is 0.419 e. The average Bonchev–Trinajstić information content (AvgIpc) is 3.18. The molecule has 0 unspecified atom stereocenters. The first-order valence-electron chi connectivity index (χ1n) is 7.57. The van der Waals surface area contributed by atoms with E-state index in [0.29, 0.717) is 12.5 Å². The van der Waals surface area contributed by atoms with Crippen LogP contribution in [0.25, 0.3) is 0 Å². The molecule has 0 spiro atoms. The second-order valence-corrected chi connectivity index (χ2v) is 6.41. The molecule has 23 heavy (non-hydrogen) atoms. The fraction of sp³-hybridized carbons (Fsp3) is 0.562. The number of hydrogen-bond acceptors (Lipinski definition) is 2. The van der Waals surface area contributed by atoms with Gasteiger partial charge in [-0.3, -0.25) is 9.69 Å². The fourth-order valence-corrected chi connectivity index (χ4v) is 3.56. The first kappa shape index (κ1) is 16.2. The van der Waals surface area contributed by atoms with Gasteiger partial charge in [0.25, 0.3) is 0 Å². The standard InChI is InChI=1S/C16H17F4NO2/c17-13-3-1-2-10(14(13)16(18,19)20)6-21-7-11(9-4-5-9)12(8-21)15(22)23/h1-3,9,11-12H,4-8H2,(H,22,23)/t11-,12+/m0/s1. The Morgan fingerprint density at radius 3 is 2.52 bits per heavy atom. The van der Waals surface area contributed by atoms with Crippen LogP contribution in [-0.2, 0) is 17.5 Å². The third-order valence-corrected chi connectivity index (χ3v) is 4.76. The number of nitrogens with zero attached hydrogens (tertiary/aromatic N) is 1. The molecule has 0 amide bonds. The average molecular weight is 331 g/mol. The molecule has 7 heteroatoms. The fourth-order valence-electron chi connectivity index (χ4n) is 3.56. The van der Waals surface area contributed by atoms with E-state index in [1.807, 2.05) is 0 Å². The number of rotatable bonds is 4. The minimum atomic E-state index is -4.76. The highest BCUT2D eigenvalue weighted by Gasteiger charge is 2.46. The van der Waals surface area contributed by atoms with Crippen LogP contribution < -0.4 is 0 Å². The van der Waals surface area contributed by atoms with Gasteiger partial charge in [0.2, 0.25) is 0 Å². The van der Waals surface area contributed by atoms with E-state index >= 15 is 0 Å². The highest BCUT2D eigenvalue weighted by Crippen LogP contribution is 2.44. The second-order valence-electron chi connectivity index (χ2n) is 6.41. The zero-order chi connectivity index (χ0) is 16.8. The molecule has 0 aromatic heterocycles. The van der Waals surface area contributed by atoms with E-state index in [2.05, 4.69) is 0 Å². The molecule has 126 valence electrons. The van der Waals surface area contributed by atoms with Crippen molar-refractivity contribution in [1.29, 1.82) is 0 Å². The first-order valence-corrected chi connectivity index (χ1v) is 7.57. The van der Waals surface area contributed by atoms with E-state index in [1.165, 1.54) is 12.1 Å². The Labute approximate surface area is 130 Å². The van der Waals surface area contributed by atoms with Crippen molar-refractivity contribution < 1.29 is 27.5 Å². The zero-order valence-electron chi connectivity index (χ0n) is 12.3. The highest BCUT2D eigenvalue weighted by molar-refractivity contribution is 5.71. The third-order valence-electron chi connectivity index (χ3n) is 4.76. The number of hydrogen-bond donors (Lipinski definition) is 1. The van der Waals surface area contributed by atoms with Crippen LogP contribution in [0.15, 0.2) is 18.2 Å².